The third-order valence-corrected chi connectivity index (χ3v) is 2.28. The van der Waals surface area contributed by atoms with Gasteiger partial charge in [-0.25, -0.2) is 0 Å². The fourth-order valence-corrected chi connectivity index (χ4v) is 1.64. The van der Waals surface area contributed by atoms with Crippen LogP contribution in [0.15, 0.2) is 4.99 Å². The molecule has 0 heterocycles. The Morgan fingerprint density at radius 1 is 1.21 bits per heavy atom. The summed E-state index contributed by atoms with van der Waals surface area (Å²) in [5, 5.41) is 22.2. The van der Waals surface area contributed by atoms with Gasteiger partial charge in [-0.1, -0.05) is 19.3 Å². The van der Waals surface area contributed by atoms with Crippen LogP contribution >= 0.6 is 0 Å². The van der Waals surface area contributed by atoms with Gasteiger partial charge in [0.2, 0.25) is 12.2 Å². The molecular weight excluding hydrogens is 178 g/mol. The molecule has 0 saturated heterocycles. The molecule has 0 aromatic rings. The average molecular weight is 191 g/mol. The Hall–Kier alpha value is -1.75. The van der Waals surface area contributed by atoms with Crippen LogP contribution in [0.3, 0.4) is 0 Å². The van der Waals surface area contributed by atoms with Gasteiger partial charge in [0.1, 0.15) is 0 Å². The molecule has 5 heteroatoms. The lowest BCUT2D eigenvalue weighted by molar-refractivity contribution is 0.411. The van der Waals surface area contributed by atoms with Crippen molar-refractivity contribution in [3.8, 4) is 12.4 Å². The van der Waals surface area contributed by atoms with Crippen LogP contribution in [0, 0.1) is 22.9 Å². The summed E-state index contributed by atoms with van der Waals surface area (Å²) < 4.78 is 0. The smallest absolute Gasteiger partial charge is 0.220 e. The lowest BCUT2D eigenvalue weighted by Gasteiger charge is -2.23. The maximum atomic E-state index is 8.40. The largest absolute Gasteiger partial charge is 0.352 e. The minimum Gasteiger partial charge on any atom is -0.352 e. The van der Waals surface area contributed by atoms with Crippen LogP contribution in [-0.4, -0.2) is 12.0 Å². The fourth-order valence-electron chi connectivity index (χ4n) is 1.64. The van der Waals surface area contributed by atoms with E-state index in [2.05, 4.69) is 15.6 Å². The summed E-state index contributed by atoms with van der Waals surface area (Å²) in [6.07, 6.45) is 9.23. The highest BCUT2D eigenvalue weighted by Gasteiger charge is 2.14. The molecule has 1 saturated carbocycles. The minimum atomic E-state index is 0.266. The predicted molar refractivity (Wildman–Crippen MR) is 51.8 cm³/mol. The quantitative estimate of drug-likeness (QED) is 0.278. The third-order valence-electron chi connectivity index (χ3n) is 2.28. The number of rotatable bonds is 1. The van der Waals surface area contributed by atoms with Crippen molar-refractivity contribution in [2.24, 2.45) is 4.99 Å². The molecule has 1 aliphatic carbocycles. The van der Waals surface area contributed by atoms with E-state index in [0.29, 0.717) is 6.04 Å². The predicted octanol–water partition coefficient (Wildman–Crippen LogP) is 0.816. The SMILES string of the molecule is N#CN=C(NC#N)NC1CCCCC1. The van der Waals surface area contributed by atoms with Crippen molar-refractivity contribution in [2.75, 3.05) is 0 Å². The molecule has 0 atom stereocenters. The second kappa shape index (κ2) is 5.82. The van der Waals surface area contributed by atoms with Crippen LogP contribution in [-0.2, 0) is 0 Å². The fraction of sp³-hybridized carbons (Fsp3) is 0.667. The minimum absolute atomic E-state index is 0.266. The molecule has 74 valence electrons. The molecule has 1 aliphatic rings. The maximum Gasteiger partial charge on any atom is 0.220 e. The molecule has 2 N–H and O–H groups in total. The van der Waals surface area contributed by atoms with Gasteiger partial charge < -0.3 is 5.32 Å². The van der Waals surface area contributed by atoms with Crippen molar-refractivity contribution in [3.05, 3.63) is 0 Å². The molecule has 0 unspecified atom stereocenters. The van der Waals surface area contributed by atoms with Gasteiger partial charge in [0.05, 0.1) is 0 Å². The lowest BCUT2D eigenvalue weighted by atomic mass is 9.96. The number of nitriles is 2. The van der Waals surface area contributed by atoms with Gasteiger partial charge in [0.25, 0.3) is 0 Å². The van der Waals surface area contributed by atoms with Crippen molar-refractivity contribution in [2.45, 2.75) is 38.1 Å². The summed E-state index contributed by atoms with van der Waals surface area (Å²) in [6, 6.07) is 0.344. The van der Waals surface area contributed by atoms with Crippen LogP contribution in [0.5, 0.6) is 0 Å². The summed E-state index contributed by atoms with van der Waals surface area (Å²) in [7, 11) is 0. The molecule has 14 heavy (non-hydrogen) atoms. The zero-order valence-electron chi connectivity index (χ0n) is 7.95. The molecular formula is C9H13N5. The van der Waals surface area contributed by atoms with E-state index in [1.165, 1.54) is 19.3 Å². The van der Waals surface area contributed by atoms with Gasteiger partial charge in [-0.3, -0.25) is 5.32 Å². The van der Waals surface area contributed by atoms with E-state index < -0.39 is 0 Å². The zero-order chi connectivity index (χ0) is 10.2. The van der Waals surface area contributed by atoms with E-state index in [0.717, 1.165) is 12.8 Å². The Balaban J connectivity index is 2.43. The summed E-state index contributed by atoms with van der Waals surface area (Å²) in [5.74, 6) is 0.266. The molecule has 1 rings (SSSR count). The molecule has 0 aromatic heterocycles. The van der Waals surface area contributed by atoms with Crippen molar-refractivity contribution in [1.29, 1.82) is 10.5 Å². The monoisotopic (exact) mass is 191 g/mol. The highest BCUT2D eigenvalue weighted by molar-refractivity contribution is 5.82. The van der Waals surface area contributed by atoms with Crippen LogP contribution < -0.4 is 10.6 Å². The number of hydrogen-bond acceptors (Lipinski definition) is 3. The van der Waals surface area contributed by atoms with E-state index >= 15 is 0 Å². The van der Waals surface area contributed by atoms with Crippen molar-refractivity contribution in [3.63, 3.8) is 0 Å². The second-order valence-corrected chi connectivity index (χ2v) is 3.28. The number of nitrogens with zero attached hydrogens (tertiary/aromatic N) is 3. The zero-order valence-corrected chi connectivity index (χ0v) is 7.95. The average Bonchev–Trinajstić information content (AvgIpc) is 2.20. The number of nitrogens with one attached hydrogen (secondary N) is 2. The maximum absolute atomic E-state index is 8.40. The summed E-state index contributed by atoms with van der Waals surface area (Å²) in [4.78, 5) is 3.49. The Morgan fingerprint density at radius 3 is 2.50 bits per heavy atom. The van der Waals surface area contributed by atoms with E-state index in [-0.39, 0.29) is 5.96 Å². The van der Waals surface area contributed by atoms with Crippen molar-refractivity contribution >= 4 is 5.96 Å². The highest BCUT2D eigenvalue weighted by atomic mass is 15.2. The molecule has 0 amide bonds. The Morgan fingerprint density at radius 2 is 1.93 bits per heavy atom. The molecule has 0 spiro atoms. The summed E-state index contributed by atoms with van der Waals surface area (Å²) >= 11 is 0. The molecule has 5 nitrogen and oxygen atoms in total. The van der Waals surface area contributed by atoms with Gasteiger partial charge in [-0.15, -0.1) is 4.99 Å². The summed E-state index contributed by atoms with van der Waals surface area (Å²) in [6.45, 7) is 0. The molecule has 0 bridgehead atoms. The molecule has 1 fully saturated rings. The van der Waals surface area contributed by atoms with E-state index in [4.69, 9.17) is 10.5 Å². The van der Waals surface area contributed by atoms with Crippen LogP contribution in [0.25, 0.3) is 0 Å². The van der Waals surface area contributed by atoms with Gasteiger partial charge >= 0.3 is 0 Å². The van der Waals surface area contributed by atoms with Gasteiger partial charge in [0, 0.05) is 6.04 Å². The van der Waals surface area contributed by atoms with E-state index in [1.54, 1.807) is 12.4 Å². The first kappa shape index (κ1) is 10.3. The van der Waals surface area contributed by atoms with Gasteiger partial charge in [0.15, 0.2) is 6.19 Å². The van der Waals surface area contributed by atoms with Crippen LogP contribution in [0.1, 0.15) is 32.1 Å². The van der Waals surface area contributed by atoms with Gasteiger partial charge in [-0.2, -0.15) is 10.5 Å². The first-order chi connectivity index (χ1) is 6.86. The molecule has 0 radical (unpaired) electrons. The molecule has 0 aromatic carbocycles. The first-order valence-electron chi connectivity index (χ1n) is 4.75. The number of guanidine groups is 1. The van der Waals surface area contributed by atoms with Gasteiger partial charge in [-0.05, 0) is 12.8 Å². The Labute approximate surface area is 83.4 Å². The second-order valence-electron chi connectivity index (χ2n) is 3.28. The number of aliphatic imine (C=N–C) groups is 1. The van der Waals surface area contributed by atoms with Crippen LogP contribution in [0.2, 0.25) is 0 Å². The van der Waals surface area contributed by atoms with Crippen LogP contribution in [0.4, 0.5) is 0 Å². The summed E-state index contributed by atoms with van der Waals surface area (Å²) in [5.41, 5.74) is 0. The lowest BCUT2D eigenvalue weighted by Crippen LogP contribution is -2.42. The standard InChI is InChI=1S/C9H13N5/c10-6-12-9(13-7-11)14-8-4-2-1-3-5-8/h8H,1-5H2,(H2,12,13,14). The third kappa shape index (κ3) is 3.32. The Bertz CT molecular complexity index is 277. The van der Waals surface area contributed by atoms with E-state index in [1.807, 2.05) is 0 Å². The first-order valence-corrected chi connectivity index (χ1v) is 4.75. The topological polar surface area (TPSA) is 84.0 Å². The number of hydrogen-bond donors (Lipinski definition) is 2. The normalized spacial score (nSPS) is 18.0. The molecule has 0 aliphatic heterocycles. The highest BCUT2D eigenvalue weighted by Crippen LogP contribution is 2.16. The van der Waals surface area contributed by atoms with Crippen molar-refractivity contribution < 1.29 is 0 Å². The van der Waals surface area contributed by atoms with E-state index in [9.17, 15) is 0 Å². The van der Waals surface area contributed by atoms with Crippen molar-refractivity contribution in [1.82, 2.24) is 10.6 Å². The Kier molecular flexibility index (Phi) is 4.30.